The van der Waals surface area contributed by atoms with Crippen molar-refractivity contribution in [3.63, 3.8) is 0 Å². The molecule has 12 heteroatoms. The SMILES string of the molecule is NS(=O)(=O)c1cc(C(=O)On2c(O)ccc2O)c(NCc2ccco2)cc1Cl. The van der Waals surface area contributed by atoms with Crippen molar-refractivity contribution in [2.75, 3.05) is 5.32 Å². The molecule has 5 N–H and O–H groups in total. The zero-order chi connectivity index (χ0) is 20.5. The maximum absolute atomic E-state index is 12.6. The minimum absolute atomic E-state index is 0.116. The van der Waals surface area contributed by atoms with E-state index < -0.39 is 32.6 Å². The maximum Gasteiger partial charge on any atom is 0.366 e. The van der Waals surface area contributed by atoms with Crippen molar-refractivity contribution in [1.29, 1.82) is 0 Å². The molecule has 3 rings (SSSR count). The number of benzene rings is 1. The van der Waals surface area contributed by atoms with Crippen molar-refractivity contribution >= 4 is 33.3 Å². The fraction of sp³-hybridized carbons (Fsp3) is 0.0625. The Kier molecular flexibility index (Phi) is 5.23. The van der Waals surface area contributed by atoms with Gasteiger partial charge in [0, 0.05) is 12.1 Å². The predicted molar refractivity (Wildman–Crippen MR) is 97.5 cm³/mol. The van der Waals surface area contributed by atoms with Gasteiger partial charge in [0.2, 0.25) is 21.8 Å². The van der Waals surface area contributed by atoms with Crippen LogP contribution in [0.15, 0.2) is 52.0 Å². The third-order valence-corrected chi connectivity index (χ3v) is 4.98. The topological polar surface area (TPSA) is 157 Å². The Morgan fingerprint density at radius 2 is 1.93 bits per heavy atom. The largest absolute Gasteiger partial charge is 0.492 e. The fourth-order valence-corrected chi connectivity index (χ4v) is 3.41. The minimum Gasteiger partial charge on any atom is -0.492 e. The average molecular weight is 428 g/mol. The number of nitrogens with one attached hydrogen (secondary N) is 1. The van der Waals surface area contributed by atoms with Gasteiger partial charge in [-0.05, 0) is 24.3 Å². The van der Waals surface area contributed by atoms with Crippen LogP contribution in [-0.2, 0) is 16.6 Å². The van der Waals surface area contributed by atoms with Gasteiger partial charge in [0.05, 0.1) is 29.1 Å². The van der Waals surface area contributed by atoms with Gasteiger partial charge in [-0.25, -0.2) is 18.4 Å². The lowest BCUT2D eigenvalue weighted by atomic mass is 10.1. The lowest BCUT2D eigenvalue weighted by molar-refractivity contribution is 0.0382. The van der Waals surface area contributed by atoms with Crippen LogP contribution in [0.3, 0.4) is 0 Å². The molecule has 2 heterocycles. The number of aromatic hydroxyl groups is 2. The highest BCUT2D eigenvalue weighted by atomic mass is 35.5. The Labute approximate surface area is 163 Å². The number of nitrogens with two attached hydrogens (primary N) is 1. The van der Waals surface area contributed by atoms with E-state index in [1.165, 1.54) is 12.3 Å². The minimum atomic E-state index is -4.23. The van der Waals surface area contributed by atoms with E-state index >= 15 is 0 Å². The van der Waals surface area contributed by atoms with Gasteiger partial charge in [0.25, 0.3) is 0 Å². The third-order valence-electron chi connectivity index (χ3n) is 3.60. The normalized spacial score (nSPS) is 11.4. The van der Waals surface area contributed by atoms with Gasteiger partial charge >= 0.3 is 5.97 Å². The molecule has 0 saturated carbocycles. The Hall–Kier alpha value is -3.15. The van der Waals surface area contributed by atoms with Crippen LogP contribution in [0.1, 0.15) is 16.1 Å². The molecule has 0 aliphatic carbocycles. The summed E-state index contributed by atoms with van der Waals surface area (Å²) in [6, 6.07) is 7.66. The van der Waals surface area contributed by atoms with Gasteiger partial charge in [-0.1, -0.05) is 11.6 Å². The number of carbonyl (C=O) groups excluding carboxylic acids is 1. The number of rotatable bonds is 6. The first kappa shape index (κ1) is 19.6. The summed E-state index contributed by atoms with van der Waals surface area (Å²) >= 11 is 5.98. The molecule has 0 atom stereocenters. The first-order chi connectivity index (χ1) is 13.2. The predicted octanol–water partition coefficient (Wildman–Crippen LogP) is 1.67. The summed E-state index contributed by atoms with van der Waals surface area (Å²) in [6.07, 6.45) is 1.46. The quantitative estimate of drug-likeness (QED) is 0.462. The standard InChI is InChI=1S/C16H14ClN3O7S/c17-11-7-12(19-8-9-2-1-5-26-9)10(6-13(11)28(18,24)25)16(23)27-20-14(21)3-4-15(20)22/h1-7,19,21-22H,8H2,(H2,18,24,25). The molecular formula is C16H14ClN3O7S. The second kappa shape index (κ2) is 7.46. The molecule has 28 heavy (non-hydrogen) atoms. The number of halogens is 1. The molecule has 0 aliphatic heterocycles. The fourth-order valence-electron chi connectivity index (χ4n) is 2.31. The van der Waals surface area contributed by atoms with Crippen LogP contribution in [0.4, 0.5) is 5.69 Å². The van der Waals surface area contributed by atoms with Crippen LogP contribution < -0.4 is 15.3 Å². The van der Waals surface area contributed by atoms with Crippen LogP contribution in [0.5, 0.6) is 11.8 Å². The first-order valence-electron chi connectivity index (χ1n) is 7.62. The third kappa shape index (κ3) is 4.06. The van der Waals surface area contributed by atoms with Gasteiger partial charge < -0.3 is 24.8 Å². The number of hydrogen-bond acceptors (Lipinski definition) is 8. The van der Waals surface area contributed by atoms with E-state index in [0.29, 0.717) is 10.5 Å². The summed E-state index contributed by atoms with van der Waals surface area (Å²) in [5.41, 5.74) is -0.141. The van der Waals surface area contributed by atoms with Gasteiger partial charge in [0.1, 0.15) is 10.7 Å². The zero-order valence-electron chi connectivity index (χ0n) is 14.0. The van der Waals surface area contributed by atoms with Crippen molar-refractivity contribution in [3.05, 3.63) is 59.0 Å². The van der Waals surface area contributed by atoms with Crippen LogP contribution in [0.25, 0.3) is 0 Å². The monoisotopic (exact) mass is 427 g/mol. The molecule has 0 bridgehead atoms. The number of hydrogen-bond donors (Lipinski definition) is 4. The highest BCUT2D eigenvalue weighted by molar-refractivity contribution is 7.89. The van der Waals surface area contributed by atoms with E-state index in [2.05, 4.69) is 5.32 Å². The molecule has 0 spiro atoms. The number of aromatic nitrogens is 1. The number of anilines is 1. The van der Waals surface area contributed by atoms with Crippen molar-refractivity contribution in [3.8, 4) is 11.8 Å². The number of nitrogens with zero attached hydrogens (tertiary/aromatic N) is 1. The molecule has 1 aromatic carbocycles. The molecule has 0 aliphatic rings. The molecule has 148 valence electrons. The number of carbonyl (C=O) groups is 1. The Bertz CT molecular complexity index is 1100. The van der Waals surface area contributed by atoms with E-state index in [4.69, 9.17) is 26.0 Å². The van der Waals surface area contributed by atoms with Gasteiger partial charge in [-0.2, -0.15) is 0 Å². The molecule has 0 amide bonds. The molecule has 0 saturated heterocycles. The van der Waals surface area contributed by atoms with Crippen molar-refractivity contribution in [1.82, 2.24) is 4.73 Å². The lowest BCUT2D eigenvalue weighted by Crippen LogP contribution is -2.22. The van der Waals surface area contributed by atoms with E-state index in [1.807, 2.05) is 0 Å². The van der Waals surface area contributed by atoms with E-state index in [9.17, 15) is 23.4 Å². The van der Waals surface area contributed by atoms with Crippen LogP contribution in [0.2, 0.25) is 5.02 Å². The highest BCUT2D eigenvalue weighted by Crippen LogP contribution is 2.29. The second-order valence-corrected chi connectivity index (χ2v) is 7.47. The second-order valence-electron chi connectivity index (χ2n) is 5.53. The van der Waals surface area contributed by atoms with Crippen LogP contribution in [-0.4, -0.2) is 29.3 Å². The summed E-state index contributed by atoms with van der Waals surface area (Å²) < 4.78 is 29.1. The number of furan rings is 1. The summed E-state index contributed by atoms with van der Waals surface area (Å²) in [5.74, 6) is -1.65. The Morgan fingerprint density at radius 3 is 2.50 bits per heavy atom. The number of primary sulfonamides is 1. The Morgan fingerprint density at radius 1 is 1.25 bits per heavy atom. The van der Waals surface area contributed by atoms with Crippen LogP contribution >= 0.6 is 11.6 Å². The molecular weight excluding hydrogens is 414 g/mol. The lowest BCUT2D eigenvalue weighted by Gasteiger charge is -2.14. The van der Waals surface area contributed by atoms with Crippen molar-refractivity contribution < 1.29 is 32.7 Å². The maximum atomic E-state index is 12.6. The Balaban J connectivity index is 2.00. The molecule has 10 nitrogen and oxygen atoms in total. The summed E-state index contributed by atoms with van der Waals surface area (Å²) in [7, 11) is -4.23. The van der Waals surface area contributed by atoms with E-state index in [0.717, 1.165) is 18.2 Å². The molecule has 0 unspecified atom stereocenters. The van der Waals surface area contributed by atoms with Crippen molar-refractivity contribution in [2.24, 2.45) is 5.14 Å². The summed E-state index contributed by atoms with van der Waals surface area (Å²) in [6.45, 7) is 0.151. The van der Waals surface area contributed by atoms with E-state index in [1.54, 1.807) is 12.1 Å². The number of sulfonamides is 1. The van der Waals surface area contributed by atoms with Gasteiger partial charge in [-0.3, -0.25) is 0 Å². The van der Waals surface area contributed by atoms with Crippen molar-refractivity contribution in [2.45, 2.75) is 11.4 Å². The highest BCUT2D eigenvalue weighted by Gasteiger charge is 2.23. The van der Waals surface area contributed by atoms with Gasteiger partial charge in [0.15, 0.2) is 0 Å². The zero-order valence-corrected chi connectivity index (χ0v) is 15.6. The molecule has 0 fully saturated rings. The smallest absolute Gasteiger partial charge is 0.366 e. The van der Waals surface area contributed by atoms with Crippen LogP contribution in [0, 0.1) is 0 Å². The summed E-state index contributed by atoms with van der Waals surface area (Å²) in [4.78, 5) is 17.0. The first-order valence-corrected chi connectivity index (χ1v) is 9.54. The molecule has 2 aromatic heterocycles. The molecule has 3 aromatic rings. The average Bonchev–Trinajstić information content (AvgIpc) is 3.24. The summed E-state index contributed by atoms with van der Waals surface area (Å²) in [5, 5.41) is 27.0. The van der Waals surface area contributed by atoms with Gasteiger partial charge in [-0.15, -0.1) is 4.73 Å². The van der Waals surface area contributed by atoms with E-state index in [-0.39, 0.29) is 22.8 Å². The molecule has 0 radical (unpaired) electrons.